The van der Waals surface area contributed by atoms with Crippen LogP contribution in [0.2, 0.25) is 5.02 Å². The molecule has 30 heavy (non-hydrogen) atoms. The second-order valence-corrected chi connectivity index (χ2v) is 8.57. The maximum Gasteiger partial charge on any atom is 0.258 e. The van der Waals surface area contributed by atoms with Crippen molar-refractivity contribution in [3.63, 3.8) is 0 Å². The van der Waals surface area contributed by atoms with Crippen molar-refractivity contribution in [2.75, 3.05) is 12.4 Å². The Kier molecular flexibility index (Phi) is 5.90. The highest BCUT2D eigenvalue weighted by Crippen LogP contribution is 2.29. The van der Waals surface area contributed by atoms with Gasteiger partial charge in [-0.15, -0.1) is 11.3 Å². The van der Waals surface area contributed by atoms with Crippen molar-refractivity contribution in [3.8, 4) is 22.1 Å². The van der Waals surface area contributed by atoms with Gasteiger partial charge in [0.1, 0.15) is 11.6 Å². The van der Waals surface area contributed by atoms with Gasteiger partial charge in [-0.1, -0.05) is 39.7 Å². The van der Waals surface area contributed by atoms with E-state index in [2.05, 4.69) is 26.3 Å². The van der Waals surface area contributed by atoms with Crippen molar-refractivity contribution in [1.82, 2.24) is 14.8 Å². The third-order valence-electron chi connectivity index (χ3n) is 4.28. The Morgan fingerprint density at radius 2 is 2.07 bits per heavy atom. The molecule has 0 saturated heterocycles. The molecule has 0 radical (unpaired) electrons. The van der Waals surface area contributed by atoms with Crippen molar-refractivity contribution in [2.45, 2.75) is 6.92 Å². The molecule has 152 valence electrons. The average molecular weight is 504 g/mol. The first-order valence-electron chi connectivity index (χ1n) is 8.88. The Morgan fingerprint density at radius 1 is 1.23 bits per heavy atom. The first-order valence-corrected chi connectivity index (χ1v) is 10.9. The molecule has 0 aliphatic rings. The minimum Gasteiger partial charge on any atom is -0.497 e. The molecule has 0 spiro atoms. The number of amides is 1. The Hall–Kier alpha value is -2.68. The zero-order valence-corrected chi connectivity index (χ0v) is 19.2. The molecule has 4 aromatic rings. The van der Waals surface area contributed by atoms with E-state index in [1.807, 2.05) is 36.6 Å². The van der Waals surface area contributed by atoms with Crippen LogP contribution in [-0.4, -0.2) is 27.8 Å². The summed E-state index contributed by atoms with van der Waals surface area (Å²) >= 11 is 11.0. The standard InChI is InChI=1S/C21H16BrClN4O2S/c1-12-8-19(25-20(28)16-10-14(22)6-7-17(16)23)27(26-12)21-24-18(11-30-21)13-4-3-5-15(9-13)29-2/h3-11H,1-2H3,(H,25,28). The predicted octanol–water partition coefficient (Wildman–Crippen LogP) is 5.98. The predicted molar refractivity (Wildman–Crippen MR) is 123 cm³/mol. The van der Waals surface area contributed by atoms with E-state index < -0.39 is 0 Å². The van der Waals surface area contributed by atoms with Crippen LogP contribution in [0.4, 0.5) is 5.82 Å². The number of benzene rings is 2. The fourth-order valence-corrected chi connectivity index (χ4v) is 4.23. The van der Waals surface area contributed by atoms with Crippen molar-refractivity contribution in [2.24, 2.45) is 0 Å². The van der Waals surface area contributed by atoms with Gasteiger partial charge >= 0.3 is 0 Å². The van der Waals surface area contributed by atoms with Crippen molar-refractivity contribution >= 4 is 50.6 Å². The second-order valence-electron chi connectivity index (χ2n) is 6.41. The van der Waals surface area contributed by atoms with Crippen LogP contribution in [0.25, 0.3) is 16.4 Å². The van der Waals surface area contributed by atoms with Crippen molar-refractivity contribution < 1.29 is 9.53 Å². The number of carbonyl (C=O) groups is 1. The fraction of sp³-hybridized carbons (Fsp3) is 0.0952. The first kappa shape index (κ1) is 20.6. The highest BCUT2D eigenvalue weighted by molar-refractivity contribution is 9.10. The number of thiazole rings is 1. The van der Waals surface area contributed by atoms with E-state index in [-0.39, 0.29) is 5.91 Å². The lowest BCUT2D eigenvalue weighted by atomic mass is 10.2. The number of halogens is 2. The summed E-state index contributed by atoms with van der Waals surface area (Å²) in [5.74, 6) is 0.947. The molecule has 2 aromatic heterocycles. The van der Waals surface area contributed by atoms with E-state index in [0.717, 1.165) is 27.2 Å². The number of anilines is 1. The van der Waals surface area contributed by atoms with E-state index in [1.165, 1.54) is 11.3 Å². The number of aromatic nitrogens is 3. The Morgan fingerprint density at radius 3 is 2.87 bits per heavy atom. The molecule has 9 heteroatoms. The number of hydrogen-bond donors (Lipinski definition) is 1. The maximum atomic E-state index is 12.8. The van der Waals surface area contributed by atoms with E-state index in [4.69, 9.17) is 21.3 Å². The summed E-state index contributed by atoms with van der Waals surface area (Å²) < 4.78 is 7.68. The number of aryl methyl sites for hydroxylation is 1. The molecule has 4 rings (SSSR count). The van der Waals surface area contributed by atoms with Gasteiger partial charge in [0.05, 0.1) is 29.1 Å². The van der Waals surface area contributed by atoms with E-state index in [1.54, 1.807) is 36.1 Å². The highest BCUT2D eigenvalue weighted by atomic mass is 79.9. The van der Waals surface area contributed by atoms with E-state index in [9.17, 15) is 4.79 Å². The molecule has 0 fully saturated rings. The van der Waals surface area contributed by atoms with Crippen molar-refractivity contribution in [1.29, 1.82) is 0 Å². The van der Waals surface area contributed by atoms with Crippen LogP contribution in [0.15, 0.2) is 58.4 Å². The molecule has 0 saturated carbocycles. The van der Waals surface area contributed by atoms with Crippen LogP contribution in [-0.2, 0) is 0 Å². The number of nitrogens with one attached hydrogen (secondary N) is 1. The second kappa shape index (κ2) is 8.59. The first-order chi connectivity index (χ1) is 14.4. The van der Waals surface area contributed by atoms with Gasteiger partial charge in [-0.3, -0.25) is 4.79 Å². The van der Waals surface area contributed by atoms with Gasteiger partial charge < -0.3 is 10.1 Å². The van der Waals surface area contributed by atoms with Gasteiger partial charge in [0, 0.05) is 21.5 Å². The van der Waals surface area contributed by atoms with Gasteiger partial charge in [-0.25, -0.2) is 4.98 Å². The molecule has 6 nitrogen and oxygen atoms in total. The Labute approximate surface area is 190 Å². The van der Waals surface area contributed by atoms with Crippen LogP contribution in [0.3, 0.4) is 0 Å². The number of methoxy groups -OCH3 is 1. The molecule has 2 aromatic carbocycles. The van der Waals surface area contributed by atoms with Crippen LogP contribution in [0, 0.1) is 6.92 Å². The van der Waals surface area contributed by atoms with E-state index >= 15 is 0 Å². The molecular weight excluding hydrogens is 488 g/mol. The average Bonchev–Trinajstić information content (AvgIpc) is 3.36. The maximum absolute atomic E-state index is 12.8. The number of ether oxygens (including phenoxy) is 1. The molecule has 2 heterocycles. The summed E-state index contributed by atoms with van der Waals surface area (Å²) in [6, 6.07) is 14.6. The molecule has 1 amide bonds. The van der Waals surface area contributed by atoms with Gasteiger partial charge in [0.2, 0.25) is 5.13 Å². The van der Waals surface area contributed by atoms with Gasteiger partial charge in [-0.2, -0.15) is 9.78 Å². The number of rotatable bonds is 5. The molecule has 0 atom stereocenters. The highest BCUT2D eigenvalue weighted by Gasteiger charge is 2.17. The SMILES string of the molecule is COc1cccc(-c2csc(-n3nc(C)cc3NC(=O)c3cc(Br)ccc3Cl)n2)c1. The van der Waals surface area contributed by atoms with E-state index in [0.29, 0.717) is 21.5 Å². The quantitative estimate of drug-likeness (QED) is 0.364. The largest absolute Gasteiger partial charge is 0.497 e. The lowest BCUT2D eigenvalue weighted by Crippen LogP contribution is -2.15. The third-order valence-corrected chi connectivity index (χ3v) is 5.92. The molecule has 0 unspecified atom stereocenters. The third kappa shape index (κ3) is 4.26. The van der Waals surface area contributed by atoms with Gasteiger partial charge in [-0.05, 0) is 37.3 Å². The molecule has 1 N–H and O–H groups in total. The van der Waals surface area contributed by atoms with Crippen LogP contribution < -0.4 is 10.1 Å². The summed E-state index contributed by atoms with van der Waals surface area (Å²) in [5, 5.41) is 10.3. The minimum absolute atomic E-state index is 0.327. The number of hydrogen-bond acceptors (Lipinski definition) is 5. The number of nitrogens with zero attached hydrogens (tertiary/aromatic N) is 3. The summed E-state index contributed by atoms with van der Waals surface area (Å²) in [4.78, 5) is 17.5. The normalized spacial score (nSPS) is 10.8. The zero-order valence-electron chi connectivity index (χ0n) is 16.0. The smallest absolute Gasteiger partial charge is 0.258 e. The Bertz CT molecular complexity index is 1240. The lowest BCUT2D eigenvalue weighted by molar-refractivity contribution is 0.102. The summed E-state index contributed by atoms with van der Waals surface area (Å²) in [6.45, 7) is 1.86. The topological polar surface area (TPSA) is 69.0 Å². The van der Waals surface area contributed by atoms with Crippen LogP contribution in [0.1, 0.15) is 16.1 Å². The van der Waals surface area contributed by atoms with Gasteiger partial charge in [0.25, 0.3) is 5.91 Å². The summed E-state index contributed by atoms with van der Waals surface area (Å²) in [5.41, 5.74) is 2.86. The molecular formula is C21H16BrClN4O2S. The van der Waals surface area contributed by atoms with Crippen molar-refractivity contribution in [3.05, 3.63) is 74.7 Å². The summed E-state index contributed by atoms with van der Waals surface area (Å²) in [7, 11) is 1.63. The minimum atomic E-state index is -0.327. The number of carbonyl (C=O) groups excluding carboxylic acids is 1. The van der Waals surface area contributed by atoms with Crippen LogP contribution >= 0.6 is 38.9 Å². The monoisotopic (exact) mass is 502 g/mol. The molecule has 0 bridgehead atoms. The van der Waals surface area contributed by atoms with Gasteiger partial charge in [0.15, 0.2) is 0 Å². The fourth-order valence-electron chi connectivity index (χ4n) is 2.87. The Balaban J connectivity index is 1.65. The van der Waals surface area contributed by atoms with Crippen LogP contribution in [0.5, 0.6) is 5.75 Å². The summed E-state index contributed by atoms with van der Waals surface area (Å²) in [6.07, 6.45) is 0. The molecule has 0 aliphatic heterocycles. The lowest BCUT2D eigenvalue weighted by Gasteiger charge is -2.08. The molecule has 0 aliphatic carbocycles. The zero-order chi connectivity index (χ0) is 21.3.